The van der Waals surface area contributed by atoms with Gasteiger partial charge in [0.05, 0.1) is 22.9 Å². The summed E-state index contributed by atoms with van der Waals surface area (Å²) in [6.07, 6.45) is 0. The summed E-state index contributed by atoms with van der Waals surface area (Å²) in [7, 11) is 0. The molecule has 0 bridgehead atoms. The number of aromatic nitrogens is 1. The molecule has 0 atom stereocenters. The van der Waals surface area contributed by atoms with Gasteiger partial charge in [0.1, 0.15) is 0 Å². The predicted molar refractivity (Wildman–Crippen MR) is 97.9 cm³/mol. The number of benzene rings is 2. The van der Waals surface area contributed by atoms with Crippen LogP contribution in [-0.4, -0.2) is 21.2 Å². The Balaban J connectivity index is 2.05. The fraction of sp³-hybridized carbons (Fsp3) is 0.167. The number of nitrogens with zero attached hydrogens (tertiary/aromatic N) is 3. The third-order valence-electron chi connectivity index (χ3n) is 3.75. The van der Waals surface area contributed by atoms with Crippen LogP contribution in [0.5, 0.6) is 0 Å². The Morgan fingerprint density at radius 1 is 1.16 bits per heavy atom. The van der Waals surface area contributed by atoms with Crippen molar-refractivity contribution in [3.05, 3.63) is 74.4 Å². The molecule has 128 valence electrons. The van der Waals surface area contributed by atoms with Crippen LogP contribution in [0.25, 0.3) is 11.3 Å². The van der Waals surface area contributed by atoms with Crippen LogP contribution < -0.4 is 4.80 Å². The molecular weight excluding hydrogens is 338 g/mol. The van der Waals surface area contributed by atoms with Crippen LogP contribution in [0.4, 0.5) is 11.4 Å². The van der Waals surface area contributed by atoms with E-state index in [0.29, 0.717) is 6.54 Å². The Kier molecular flexibility index (Phi) is 5.06. The first kappa shape index (κ1) is 17.1. The van der Waals surface area contributed by atoms with E-state index in [0.717, 1.165) is 21.7 Å². The molecular formula is C18H17N3O3S. The molecule has 0 aliphatic heterocycles. The zero-order valence-electron chi connectivity index (χ0n) is 13.6. The molecule has 0 saturated carbocycles. The maximum atomic E-state index is 10.8. The molecule has 0 fully saturated rings. The van der Waals surface area contributed by atoms with E-state index in [4.69, 9.17) is 0 Å². The number of aliphatic hydroxyl groups is 1. The lowest BCUT2D eigenvalue weighted by Gasteiger charge is -2.07. The standard InChI is InChI=1S/C18H17N3O3S/c1-13-2-6-15(7-3-13)19-18-20(10-11-22)17(12-25-18)14-4-8-16(9-5-14)21(23)24/h2-9,12,22H,10-11H2,1H3. The molecule has 0 aliphatic carbocycles. The van der Waals surface area contributed by atoms with Gasteiger partial charge in [-0.15, -0.1) is 11.3 Å². The summed E-state index contributed by atoms with van der Waals surface area (Å²) in [4.78, 5) is 15.8. The molecule has 1 heterocycles. The van der Waals surface area contributed by atoms with Crippen LogP contribution >= 0.6 is 11.3 Å². The molecule has 1 N–H and O–H groups in total. The van der Waals surface area contributed by atoms with Gasteiger partial charge < -0.3 is 9.67 Å². The molecule has 0 saturated heterocycles. The number of nitro benzene ring substituents is 1. The number of non-ortho nitro benzene ring substituents is 1. The Hall–Kier alpha value is -2.77. The van der Waals surface area contributed by atoms with Gasteiger partial charge in [0.15, 0.2) is 4.80 Å². The van der Waals surface area contributed by atoms with E-state index >= 15 is 0 Å². The maximum absolute atomic E-state index is 10.8. The summed E-state index contributed by atoms with van der Waals surface area (Å²) >= 11 is 1.47. The quantitative estimate of drug-likeness (QED) is 0.560. The first-order chi connectivity index (χ1) is 12.1. The minimum absolute atomic E-state index is 0.0161. The number of nitro groups is 1. The van der Waals surface area contributed by atoms with Crippen molar-refractivity contribution in [1.29, 1.82) is 0 Å². The lowest BCUT2D eigenvalue weighted by Crippen LogP contribution is -2.17. The summed E-state index contributed by atoms with van der Waals surface area (Å²) in [6.45, 7) is 2.41. The maximum Gasteiger partial charge on any atom is 0.269 e. The van der Waals surface area contributed by atoms with Gasteiger partial charge in [-0.05, 0) is 36.8 Å². The number of aryl methyl sites for hydroxylation is 1. The second-order valence-electron chi connectivity index (χ2n) is 5.53. The predicted octanol–water partition coefficient (Wildman–Crippen LogP) is 3.66. The van der Waals surface area contributed by atoms with E-state index in [1.165, 1.54) is 29.0 Å². The van der Waals surface area contributed by atoms with Gasteiger partial charge in [-0.25, -0.2) is 4.99 Å². The molecule has 3 aromatic rings. The average molecular weight is 355 g/mol. The SMILES string of the molecule is Cc1ccc(N=c2scc(-c3ccc([N+](=O)[O-])cc3)n2CCO)cc1. The van der Waals surface area contributed by atoms with Crippen molar-refractivity contribution in [3.8, 4) is 11.3 Å². The van der Waals surface area contributed by atoms with Crippen molar-refractivity contribution in [1.82, 2.24) is 4.57 Å². The van der Waals surface area contributed by atoms with Crippen molar-refractivity contribution in [2.45, 2.75) is 13.5 Å². The Morgan fingerprint density at radius 2 is 1.84 bits per heavy atom. The van der Waals surface area contributed by atoms with Crippen LogP contribution in [0, 0.1) is 17.0 Å². The summed E-state index contributed by atoms with van der Waals surface area (Å²) < 4.78 is 1.92. The molecule has 0 radical (unpaired) electrons. The average Bonchev–Trinajstić information content (AvgIpc) is 3.00. The molecule has 6 nitrogen and oxygen atoms in total. The van der Waals surface area contributed by atoms with Crippen molar-refractivity contribution >= 4 is 22.7 Å². The van der Waals surface area contributed by atoms with Gasteiger partial charge in [0, 0.05) is 24.1 Å². The minimum atomic E-state index is -0.419. The molecule has 25 heavy (non-hydrogen) atoms. The monoisotopic (exact) mass is 355 g/mol. The molecule has 7 heteroatoms. The van der Waals surface area contributed by atoms with Crippen molar-refractivity contribution in [2.24, 2.45) is 4.99 Å². The van der Waals surface area contributed by atoms with Crippen LogP contribution in [0.2, 0.25) is 0 Å². The fourth-order valence-electron chi connectivity index (χ4n) is 2.45. The van der Waals surface area contributed by atoms with E-state index in [1.807, 2.05) is 41.1 Å². The highest BCUT2D eigenvalue weighted by Crippen LogP contribution is 2.23. The minimum Gasteiger partial charge on any atom is -0.395 e. The van der Waals surface area contributed by atoms with E-state index in [9.17, 15) is 15.2 Å². The summed E-state index contributed by atoms with van der Waals surface area (Å²) in [5, 5.41) is 22.2. The van der Waals surface area contributed by atoms with E-state index in [1.54, 1.807) is 12.1 Å². The number of thiazole rings is 1. The van der Waals surface area contributed by atoms with Gasteiger partial charge in [0.2, 0.25) is 0 Å². The second-order valence-corrected chi connectivity index (χ2v) is 6.37. The number of rotatable bonds is 5. The molecule has 3 rings (SSSR count). The first-order valence-corrected chi connectivity index (χ1v) is 8.62. The summed E-state index contributed by atoms with van der Waals surface area (Å²) in [6, 6.07) is 14.3. The molecule has 0 amide bonds. The second kappa shape index (κ2) is 7.42. The fourth-order valence-corrected chi connectivity index (χ4v) is 3.40. The lowest BCUT2D eigenvalue weighted by molar-refractivity contribution is -0.384. The largest absolute Gasteiger partial charge is 0.395 e. The topological polar surface area (TPSA) is 80.7 Å². The van der Waals surface area contributed by atoms with Crippen LogP contribution in [0.15, 0.2) is 58.9 Å². The number of aliphatic hydroxyl groups excluding tert-OH is 1. The summed E-state index contributed by atoms with van der Waals surface area (Å²) in [5.41, 5.74) is 3.78. The van der Waals surface area contributed by atoms with E-state index < -0.39 is 4.92 Å². The van der Waals surface area contributed by atoms with Crippen LogP contribution in [0.1, 0.15) is 5.56 Å². The Labute approximate surface area is 148 Å². The van der Waals surface area contributed by atoms with Gasteiger partial charge >= 0.3 is 0 Å². The van der Waals surface area contributed by atoms with Gasteiger partial charge in [-0.3, -0.25) is 10.1 Å². The highest BCUT2D eigenvalue weighted by atomic mass is 32.1. The van der Waals surface area contributed by atoms with Crippen LogP contribution in [0.3, 0.4) is 0 Å². The molecule has 0 spiro atoms. The van der Waals surface area contributed by atoms with E-state index in [-0.39, 0.29) is 12.3 Å². The normalized spacial score (nSPS) is 11.7. The summed E-state index contributed by atoms with van der Waals surface area (Å²) in [5.74, 6) is 0. The van der Waals surface area contributed by atoms with Gasteiger partial charge in [-0.2, -0.15) is 0 Å². The third-order valence-corrected chi connectivity index (χ3v) is 4.62. The van der Waals surface area contributed by atoms with E-state index in [2.05, 4.69) is 4.99 Å². The third kappa shape index (κ3) is 3.84. The van der Waals surface area contributed by atoms with Crippen molar-refractivity contribution in [2.75, 3.05) is 6.61 Å². The highest BCUT2D eigenvalue weighted by molar-refractivity contribution is 7.07. The molecule has 2 aromatic carbocycles. The number of hydrogen-bond donors (Lipinski definition) is 1. The van der Waals surface area contributed by atoms with Crippen molar-refractivity contribution in [3.63, 3.8) is 0 Å². The first-order valence-electron chi connectivity index (χ1n) is 7.74. The zero-order chi connectivity index (χ0) is 17.8. The Morgan fingerprint density at radius 3 is 2.44 bits per heavy atom. The highest BCUT2D eigenvalue weighted by Gasteiger charge is 2.10. The van der Waals surface area contributed by atoms with Gasteiger partial charge in [0.25, 0.3) is 5.69 Å². The van der Waals surface area contributed by atoms with Crippen molar-refractivity contribution < 1.29 is 10.0 Å². The number of hydrogen-bond acceptors (Lipinski definition) is 5. The zero-order valence-corrected chi connectivity index (χ0v) is 14.4. The smallest absolute Gasteiger partial charge is 0.269 e. The van der Waals surface area contributed by atoms with Crippen LogP contribution in [-0.2, 0) is 6.54 Å². The molecule has 0 aliphatic rings. The molecule has 0 unspecified atom stereocenters. The Bertz CT molecular complexity index is 941. The lowest BCUT2D eigenvalue weighted by atomic mass is 10.1. The van der Waals surface area contributed by atoms with Gasteiger partial charge in [-0.1, -0.05) is 17.7 Å². The molecule has 1 aromatic heterocycles.